The first-order valence-corrected chi connectivity index (χ1v) is 6.63. The van der Waals surface area contributed by atoms with Gasteiger partial charge in [0.25, 0.3) is 0 Å². The van der Waals surface area contributed by atoms with Crippen LogP contribution in [-0.2, 0) is 9.59 Å². The van der Waals surface area contributed by atoms with Crippen molar-refractivity contribution in [2.75, 3.05) is 13.1 Å². The van der Waals surface area contributed by atoms with E-state index in [1.807, 2.05) is 0 Å². The normalized spacial score (nSPS) is 11.6. The zero-order chi connectivity index (χ0) is 14.2. The maximum Gasteiger partial charge on any atom is 0.323 e. The van der Waals surface area contributed by atoms with Gasteiger partial charge in [0.2, 0.25) is 5.91 Å². The van der Waals surface area contributed by atoms with E-state index >= 15 is 0 Å². The number of carbonyl (C=O) groups is 2. The van der Waals surface area contributed by atoms with Crippen LogP contribution in [0.5, 0.6) is 0 Å². The second-order valence-electron chi connectivity index (χ2n) is 4.98. The van der Waals surface area contributed by atoms with Crippen LogP contribution < -0.4 is 10.6 Å². The molecule has 0 unspecified atom stereocenters. The highest BCUT2D eigenvalue weighted by atomic mass is 16.4. The predicted molar refractivity (Wildman–Crippen MR) is 71.4 cm³/mol. The summed E-state index contributed by atoms with van der Waals surface area (Å²) >= 11 is 0. The summed E-state index contributed by atoms with van der Waals surface area (Å²) in [7, 11) is 0. The summed E-state index contributed by atoms with van der Waals surface area (Å²) < 4.78 is 0. The molecule has 0 fully saturated rings. The molecule has 0 aliphatic rings. The smallest absolute Gasteiger partial charge is 0.323 e. The number of aliphatic carboxylic acids is 1. The van der Waals surface area contributed by atoms with Crippen molar-refractivity contribution < 1.29 is 14.7 Å². The minimum Gasteiger partial charge on any atom is -0.480 e. The molecule has 0 heterocycles. The Kier molecular flexibility index (Phi) is 7.59. The Hall–Kier alpha value is -1.10. The molecule has 0 bridgehead atoms. The summed E-state index contributed by atoms with van der Waals surface area (Å²) in [6.07, 6.45) is 1.84. The molecular weight excluding hydrogens is 232 g/mol. The van der Waals surface area contributed by atoms with E-state index in [2.05, 4.69) is 24.5 Å². The topological polar surface area (TPSA) is 78.4 Å². The van der Waals surface area contributed by atoms with Crippen LogP contribution in [0.15, 0.2) is 0 Å². The van der Waals surface area contributed by atoms with Gasteiger partial charge in [-0.1, -0.05) is 27.7 Å². The van der Waals surface area contributed by atoms with Gasteiger partial charge in [-0.2, -0.15) is 0 Å². The molecule has 3 N–H and O–H groups in total. The van der Waals surface area contributed by atoms with Crippen molar-refractivity contribution in [1.82, 2.24) is 10.6 Å². The molecule has 0 radical (unpaired) electrons. The van der Waals surface area contributed by atoms with E-state index in [0.29, 0.717) is 25.3 Å². The maximum atomic E-state index is 11.6. The molecular formula is C13H26N2O3. The minimum absolute atomic E-state index is 0.0477. The molecule has 0 atom stereocenters. The van der Waals surface area contributed by atoms with Crippen LogP contribution in [0.2, 0.25) is 0 Å². The largest absolute Gasteiger partial charge is 0.480 e. The third-order valence-corrected chi connectivity index (χ3v) is 3.25. The zero-order valence-electron chi connectivity index (χ0n) is 11.9. The van der Waals surface area contributed by atoms with E-state index in [0.717, 1.165) is 6.42 Å². The van der Waals surface area contributed by atoms with Crippen molar-refractivity contribution in [3.05, 3.63) is 0 Å². The van der Waals surface area contributed by atoms with Crippen molar-refractivity contribution in [2.24, 2.45) is 5.92 Å². The summed E-state index contributed by atoms with van der Waals surface area (Å²) in [5, 5.41) is 14.8. The lowest BCUT2D eigenvalue weighted by Gasteiger charge is -2.27. The van der Waals surface area contributed by atoms with Crippen LogP contribution in [0.25, 0.3) is 0 Å². The molecule has 1 amide bonds. The van der Waals surface area contributed by atoms with Crippen molar-refractivity contribution in [2.45, 2.75) is 52.5 Å². The molecule has 0 aliphatic heterocycles. The Morgan fingerprint density at radius 2 is 1.78 bits per heavy atom. The number of hydrogen-bond donors (Lipinski definition) is 3. The standard InChI is InChI=1S/C13H26N2O3/c1-5-13(6-2,12(17)18)15-9-11(16)14-8-7-10(3)4/h10,15H,5-9H2,1-4H3,(H,14,16)(H,17,18). The first kappa shape index (κ1) is 16.9. The lowest BCUT2D eigenvalue weighted by molar-refractivity contribution is -0.145. The van der Waals surface area contributed by atoms with Gasteiger partial charge < -0.3 is 10.4 Å². The Bertz CT molecular complexity index is 273. The molecule has 0 aliphatic carbocycles. The molecule has 106 valence electrons. The molecule has 0 saturated carbocycles. The highest BCUT2D eigenvalue weighted by Gasteiger charge is 2.34. The van der Waals surface area contributed by atoms with Crippen LogP contribution in [0.1, 0.15) is 47.0 Å². The first-order valence-electron chi connectivity index (χ1n) is 6.63. The number of carboxylic acids is 1. The second-order valence-corrected chi connectivity index (χ2v) is 4.98. The van der Waals surface area contributed by atoms with Crippen LogP contribution in [0.4, 0.5) is 0 Å². The van der Waals surface area contributed by atoms with Crippen LogP contribution >= 0.6 is 0 Å². The Morgan fingerprint density at radius 3 is 2.17 bits per heavy atom. The number of rotatable bonds is 9. The number of carboxylic acid groups (broad SMARTS) is 1. The third kappa shape index (κ3) is 5.49. The van der Waals surface area contributed by atoms with Crippen LogP contribution in [-0.4, -0.2) is 35.6 Å². The van der Waals surface area contributed by atoms with Gasteiger partial charge >= 0.3 is 5.97 Å². The lowest BCUT2D eigenvalue weighted by atomic mass is 9.93. The van der Waals surface area contributed by atoms with E-state index in [9.17, 15) is 14.7 Å². The van der Waals surface area contributed by atoms with Crippen molar-refractivity contribution in [1.29, 1.82) is 0 Å². The average Bonchev–Trinajstić information content (AvgIpc) is 2.30. The minimum atomic E-state index is -0.991. The Balaban J connectivity index is 4.12. The molecule has 0 rings (SSSR count). The molecule has 0 saturated heterocycles. The lowest BCUT2D eigenvalue weighted by Crippen LogP contribution is -2.54. The van der Waals surface area contributed by atoms with Gasteiger partial charge in [0.05, 0.1) is 6.54 Å². The number of hydrogen-bond acceptors (Lipinski definition) is 3. The van der Waals surface area contributed by atoms with Gasteiger partial charge in [0.1, 0.15) is 5.54 Å². The summed E-state index contributed by atoms with van der Waals surface area (Å²) in [6, 6.07) is 0. The number of nitrogens with one attached hydrogen (secondary N) is 2. The molecule has 5 heteroatoms. The number of amides is 1. The molecule has 5 nitrogen and oxygen atoms in total. The van der Waals surface area contributed by atoms with Crippen LogP contribution in [0, 0.1) is 5.92 Å². The van der Waals surface area contributed by atoms with Gasteiger partial charge in [0, 0.05) is 6.54 Å². The van der Waals surface area contributed by atoms with E-state index in [-0.39, 0.29) is 12.5 Å². The van der Waals surface area contributed by atoms with Crippen molar-refractivity contribution >= 4 is 11.9 Å². The monoisotopic (exact) mass is 258 g/mol. The van der Waals surface area contributed by atoms with E-state index < -0.39 is 11.5 Å². The van der Waals surface area contributed by atoms with Gasteiger partial charge in [-0.05, 0) is 25.2 Å². The van der Waals surface area contributed by atoms with Gasteiger partial charge in [-0.25, -0.2) is 0 Å². The second kappa shape index (κ2) is 8.08. The molecule has 0 spiro atoms. The molecule has 0 aromatic heterocycles. The van der Waals surface area contributed by atoms with Crippen molar-refractivity contribution in [3.63, 3.8) is 0 Å². The SMILES string of the molecule is CCC(CC)(NCC(=O)NCCC(C)C)C(=O)O. The van der Waals surface area contributed by atoms with Crippen molar-refractivity contribution in [3.8, 4) is 0 Å². The summed E-state index contributed by atoms with van der Waals surface area (Å²) in [6.45, 7) is 8.48. The highest BCUT2D eigenvalue weighted by Crippen LogP contribution is 2.14. The van der Waals surface area contributed by atoms with Gasteiger partial charge in [0.15, 0.2) is 0 Å². The quantitative estimate of drug-likeness (QED) is 0.584. The fourth-order valence-electron chi connectivity index (χ4n) is 1.69. The third-order valence-electron chi connectivity index (χ3n) is 3.25. The maximum absolute atomic E-state index is 11.6. The summed E-state index contributed by atoms with van der Waals surface area (Å²) in [5.74, 6) is -0.506. The fraction of sp³-hybridized carbons (Fsp3) is 0.846. The number of carbonyl (C=O) groups excluding carboxylic acids is 1. The molecule has 18 heavy (non-hydrogen) atoms. The summed E-state index contributed by atoms with van der Waals surface area (Å²) in [4.78, 5) is 22.8. The average molecular weight is 258 g/mol. The van der Waals surface area contributed by atoms with E-state index in [1.165, 1.54) is 0 Å². The Labute approximate surface area is 109 Å². The molecule has 0 aromatic carbocycles. The van der Waals surface area contributed by atoms with Crippen LogP contribution in [0.3, 0.4) is 0 Å². The predicted octanol–water partition coefficient (Wildman–Crippen LogP) is 1.38. The molecule has 0 aromatic rings. The Morgan fingerprint density at radius 1 is 1.22 bits per heavy atom. The van der Waals surface area contributed by atoms with E-state index in [1.54, 1.807) is 13.8 Å². The fourth-order valence-corrected chi connectivity index (χ4v) is 1.69. The van der Waals surface area contributed by atoms with Gasteiger partial charge in [-0.3, -0.25) is 14.9 Å². The highest BCUT2D eigenvalue weighted by molar-refractivity contribution is 5.82. The first-order chi connectivity index (χ1) is 8.38. The zero-order valence-corrected chi connectivity index (χ0v) is 11.9. The van der Waals surface area contributed by atoms with E-state index in [4.69, 9.17) is 0 Å². The van der Waals surface area contributed by atoms with Gasteiger partial charge in [-0.15, -0.1) is 0 Å². The summed E-state index contributed by atoms with van der Waals surface area (Å²) in [5.41, 5.74) is -0.991.